The third-order valence-corrected chi connectivity index (χ3v) is 6.00. The summed E-state index contributed by atoms with van der Waals surface area (Å²) in [7, 11) is 0. The van der Waals surface area contributed by atoms with E-state index in [4.69, 9.17) is 9.47 Å². The normalized spacial score (nSPS) is 17.1. The minimum absolute atomic E-state index is 0.143. The molecule has 1 aromatic carbocycles. The van der Waals surface area contributed by atoms with Gasteiger partial charge in [-0.05, 0) is 44.2 Å². The number of thioether (sulfide) groups is 1. The van der Waals surface area contributed by atoms with Crippen molar-refractivity contribution in [3.8, 4) is 17.2 Å². The Hall–Kier alpha value is -2.08. The summed E-state index contributed by atoms with van der Waals surface area (Å²) in [4.78, 5) is 15.1. The van der Waals surface area contributed by atoms with Gasteiger partial charge in [-0.2, -0.15) is 11.8 Å². The molecule has 0 N–H and O–H groups in total. The number of carbonyl (C=O) groups excluding carboxylic acids is 1. The first-order chi connectivity index (χ1) is 12.6. The van der Waals surface area contributed by atoms with Gasteiger partial charge in [0.25, 0.3) is 5.91 Å². The Morgan fingerprint density at radius 2 is 1.85 bits per heavy atom. The van der Waals surface area contributed by atoms with Crippen LogP contribution in [0, 0.1) is 13.8 Å². The van der Waals surface area contributed by atoms with E-state index in [9.17, 15) is 4.79 Å². The highest BCUT2D eigenvalue weighted by molar-refractivity contribution is 7.99. The van der Waals surface area contributed by atoms with Crippen molar-refractivity contribution < 1.29 is 14.3 Å². The summed E-state index contributed by atoms with van der Waals surface area (Å²) in [6.45, 7) is 6.89. The van der Waals surface area contributed by atoms with Crippen LogP contribution in [-0.4, -0.2) is 53.2 Å². The Morgan fingerprint density at radius 1 is 1.04 bits per heavy atom. The molecule has 0 bridgehead atoms. The van der Waals surface area contributed by atoms with Crippen LogP contribution in [0.3, 0.4) is 0 Å². The molecule has 5 nitrogen and oxygen atoms in total. The van der Waals surface area contributed by atoms with E-state index >= 15 is 0 Å². The van der Waals surface area contributed by atoms with Crippen LogP contribution in [0.1, 0.15) is 28.2 Å². The fourth-order valence-electron chi connectivity index (χ4n) is 3.67. The first-order valence-corrected chi connectivity index (χ1v) is 10.3. The van der Waals surface area contributed by atoms with Crippen molar-refractivity contribution in [1.29, 1.82) is 0 Å². The SMILES string of the molecule is Cc1cc(C(=O)N2CCCSCC2)c(C)n1-c1ccc2c(c1)OCCO2. The van der Waals surface area contributed by atoms with Crippen molar-refractivity contribution in [2.75, 3.05) is 37.8 Å². The molecule has 0 aliphatic carbocycles. The molecule has 0 unspecified atom stereocenters. The van der Waals surface area contributed by atoms with E-state index in [1.807, 2.05) is 54.8 Å². The van der Waals surface area contributed by atoms with Crippen molar-refractivity contribution in [3.63, 3.8) is 0 Å². The fourth-order valence-corrected chi connectivity index (χ4v) is 4.55. The fraction of sp³-hybridized carbons (Fsp3) is 0.450. The Bertz CT molecular complexity index is 823. The molecule has 0 radical (unpaired) electrons. The van der Waals surface area contributed by atoms with Crippen molar-refractivity contribution in [2.45, 2.75) is 20.3 Å². The zero-order chi connectivity index (χ0) is 18.1. The first kappa shape index (κ1) is 17.3. The molecular weight excluding hydrogens is 348 g/mol. The molecule has 6 heteroatoms. The lowest BCUT2D eigenvalue weighted by molar-refractivity contribution is 0.0768. The second-order valence-electron chi connectivity index (χ2n) is 6.71. The van der Waals surface area contributed by atoms with Crippen LogP contribution < -0.4 is 9.47 Å². The molecule has 4 rings (SSSR count). The average molecular weight is 372 g/mol. The number of aryl methyl sites for hydroxylation is 1. The number of aromatic nitrogens is 1. The topological polar surface area (TPSA) is 43.7 Å². The number of nitrogens with zero attached hydrogens (tertiary/aromatic N) is 2. The third kappa shape index (κ3) is 3.18. The Labute approximate surface area is 158 Å². The lowest BCUT2D eigenvalue weighted by Gasteiger charge is -2.21. The summed E-state index contributed by atoms with van der Waals surface area (Å²) in [6.07, 6.45) is 1.07. The van der Waals surface area contributed by atoms with E-state index in [1.54, 1.807) is 0 Å². The quantitative estimate of drug-likeness (QED) is 0.810. The van der Waals surface area contributed by atoms with E-state index in [1.165, 1.54) is 0 Å². The van der Waals surface area contributed by atoms with E-state index < -0.39 is 0 Å². The molecule has 0 atom stereocenters. The molecule has 26 heavy (non-hydrogen) atoms. The minimum atomic E-state index is 0.143. The molecule has 0 saturated carbocycles. The van der Waals surface area contributed by atoms with Crippen LogP contribution in [0.5, 0.6) is 11.5 Å². The predicted octanol–water partition coefficient (Wildman–Crippen LogP) is 3.44. The van der Waals surface area contributed by atoms with Crippen molar-refractivity contribution in [2.24, 2.45) is 0 Å². The van der Waals surface area contributed by atoms with Gasteiger partial charge in [-0.25, -0.2) is 0 Å². The number of carbonyl (C=O) groups is 1. The van der Waals surface area contributed by atoms with Crippen LogP contribution in [0.2, 0.25) is 0 Å². The molecular formula is C20H24N2O3S. The molecule has 1 fully saturated rings. The van der Waals surface area contributed by atoms with Crippen molar-refractivity contribution in [1.82, 2.24) is 9.47 Å². The first-order valence-electron chi connectivity index (χ1n) is 9.11. The van der Waals surface area contributed by atoms with Crippen molar-refractivity contribution >= 4 is 17.7 Å². The second-order valence-corrected chi connectivity index (χ2v) is 7.93. The van der Waals surface area contributed by atoms with Crippen LogP contribution in [-0.2, 0) is 0 Å². The van der Waals surface area contributed by atoms with E-state index in [2.05, 4.69) is 4.57 Å². The summed E-state index contributed by atoms with van der Waals surface area (Å²) in [6, 6.07) is 7.96. The van der Waals surface area contributed by atoms with Crippen LogP contribution in [0.25, 0.3) is 5.69 Å². The number of amides is 1. The van der Waals surface area contributed by atoms with Gasteiger partial charge in [-0.15, -0.1) is 0 Å². The number of benzene rings is 1. The average Bonchev–Trinajstić information content (AvgIpc) is 2.84. The molecule has 2 aliphatic heterocycles. The molecule has 138 valence electrons. The lowest BCUT2D eigenvalue weighted by atomic mass is 10.2. The van der Waals surface area contributed by atoms with Gasteiger partial charge in [0, 0.05) is 42.0 Å². The third-order valence-electron chi connectivity index (χ3n) is 4.95. The number of ether oxygens (including phenoxy) is 2. The maximum Gasteiger partial charge on any atom is 0.255 e. The zero-order valence-electron chi connectivity index (χ0n) is 15.3. The summed E-state index contributed by atoms with van der Waals surface area (Å²) in [5.41, 5.74) is 3.81. The van der Waals surface area contributed by atoms with Gasteiger partial charge in [0.05, 0.1) is 5.56 Å². The number of fused-ring (bicyclic) bond motifs is 1. The molecule has 3 heterocycles. The summed E-state index contributed by atoms with van der Waals surface area (Å²) < 4.78 is 13.4. The molecule has 1 amide bonds. The van der Waals surface area contributed by atoms with Crippen LogP contribution >= 0.6 is 11.8 Å². The highest BCUT2D eigenvalue weighted by atomic mass is 32.2. The predicted molar refractivity (Wildman–Crippen MR) is 104 cm³/mol. The van der Waals surface area contributed by atoms with E-state index in [0.29, 0.717) is 13.2 Å². The molecule has 1 aromatic heterocycles. The standard InChI is InChI=1S/C20H24N2O3S/c1-14-12-17(20(23)21-6-3-10-26-11-7-21)15(2)22(14)16-4-5-18-19(13-16)25-9-8-24-18/h4-5,12-13H,3,6-11H2,1-2H3. The van der Waals surface area contributed by atoms with Gasteiger partial charge in [0.15, 0.2) is 11.5 Å². The van der Waals surface area contributed by atoms with Gasteiger partial charge in [-0.3, -0.25) is 4.79 Å². The van der Waals surface area contributed by atoms with Gasteiger partial charge in [0.2, 0.25) is 0 Å². The summed E-state index contributed by atoms with van der Waals surface area (Å²) >= 11 is 1.93. The summed E-state index contributed by atoms with van der Waals surface area (Å²) in [5.74, 6) is 3.84. The maximum atomic E-state index is 13.1. The van der Waals surface area contributed by atoms with Gasteiger partial charge in [0.1, 0.15) is 13.2 Å². The highest BCUT2D eigenvalue weighted by Crippen LogP contribution is 2.33. The minimum Gasteiger partial charge on any atom is -0.486 e. The van der Waals surface area contributed by atoms with Gasteiger partial charge < -0.3 is 18.9 Å². The van der Waals surface area contributed by atoms with Crippen molar-refractivity contribution in [3.05, 3.63) is 41.2 Å². The van der Waals surface area contributed by atoms with Crippen LogP contribution in [0.4, 0.5) is 0 Å². The van der Waals surface area contributed by atoms with Gasteiger partial charge >= 0.3 is 0 Å². The Balaban J connectivity index is 1.67. The van der Waals surface area contributed by atoms with Crippen LogP contribution in [0.15, 0.2) is 24.3 Å². The summed E-state index contributed by atoms with van der Waals surface area (Å²) in [5, 5.41) is 0. The number of hydrogen-bond acceptors (Lipinski definition) is 4. The maximum absolute atomic E-state index is 13.1. The largest absolute Gasteiger partial charge is 0.486 e. The highest BCUT2D eigenvalue weighted by Gasteiger charge is 2.23. The second kappa shape index (κ2) is 7.27. The zero-order valence-corrected chi connectivity index (χ0v) is 16.1. The van der Waals surface area contributed by atoms with E-state index in [0.717, 1.165) is 65.2 Å². The molecule has 0 spiro atoms. The Kier molecular flexibility index (Phi) is 4.85. The lowest BCUT2D eigenvalue weighted by Crippen LogP contribution is -2.33. The number of rotatable bonds is 2. The number of hydrogen-bond donors (Lipinski definition) is 0. The molecule has 2 aliphatic rings. The smallest absolute Gasteiger partial charge is 0.255 e. The van der Waals surface area contributed by atoms with E-state index in [-0.39, 0.29) is 5.91 Å². The Morgan fingerprint density at radius 3 is 2.69 bits per heavy atom. The van der Waals surface area contributed by atoms with Gasteiger partial charge in [-0.1, -0.05) is 0 Å². The molecule has 2 aromatic rings. The molecule has 1 saturated heterocycles. The monoisotopic (exact) mass is 372 g/mol.